The monoisotopic (exact) mass is 276 g/mol. The van der Waals surface area contributed by atoms with E-state index in [0.717, 1.165) is 0 Å². The average molecular weight is 276 g/mol. The molecule has 1 rings (SSSR count). The van der Waals surface area contributed by atoms with Crippen molar-refractivity contribution in [1.82, 2.24) is 0 Å². The maximum atomic E-state index is 5.77. The molecule has 5 heteroatoms. The summed E-state index contributed by atoms with van der Waals surface area (Å²) in [7, 11) is 0. The topological polar surface area (TPSA) is 46.2 Å². The first-order valence-corrected chi connectivity index (χ1v) is 7.06. The second-order valence-electron chi connectivity index (χ2n) is 5.46. The molecule has 0 saturated carbocycles. The summed E-state index contributed by atoms with van der Waals surface area (Å²) in [4.78, 5) is 0. The molecule has 0 N–H and O–H groups in total. The van der Waals surface area contributed by atoms with Gasteiger partial charge in [-0.1, -0.05) is 0 Å². The fraction of sp³-hybridized carbons (Fsp3) is 1.00. The Morgan fingerprint density at radius 1 is 1.26 bits per heavy atom. The molecular formula is C14H28O5. The van der Waals surface area contributed by atoms with Crippen LogP contribution in [0.5, 0.6) is 0 Å². The van der Waals surface area contributed by atoms with Crippen molar-refractivity contribution in [3.63, 3.8) is 0 Å². The van der Waals surface area contributed by atoms with E-state index in [4.69, 9.17) is 23.7 Å². The molecule has 114 valence electrons. The molecule has 1 fully saturated rings. The van der Waals surface area contributed by atoms with E-state index in [1.165, 1.54) is 0 Å². The van der Waals surface area contributed by atoms with Crippen molar-refractivity contribution in [2.24, 2.45) is 0 Å². The average Bonchev–Trinajstić information content (AvgIpc) is 2.62. The fourth-order valence-corrected chi connectivity index (χ4v) is 2.13. The van der Waals surface area contributed by atoms with Crippen LogP contribution in [0.4, 0.5) is 0 Å². The lowest BCUT2D eigenvalue weighted by Crippen LogP contribution is -2.33. The molecular weight excluding hydrogens is 248 g/mol. The van der Waals surface area contributed by atoms with Gasteiger partial charge in [0.05, 0.1) is 18.8 Å². The van der Waals surface area contributed by atoms with Gasteiger partial charge < -0.3 is 23.7 Å². The van der Waals surface area contributed by atoms with E-state index in [-0.39, 0.29) is 24.8 Å². The predicted molar refractivity (Wildman–Crippen MR) is 71.7 cm³/mol. The summed E-state index contributed by atoms with van der Waals surface area (Å²) in [6.07, 6.45) is 0.352. The van der Waals surface area contributed by atoms with Crippen LogP contribution in [-0.2, 0) is 23.7 Å². The molecule has 5 nitrogen and oxygen atoms in total. The van der Waals surface area contributed by atoms with Crippen molar-refractivity contribution in [2.75, 3.05) is 13.2 Å². The quantitative estimate of drug-likeness (QED) is 0.638. The number of hydrogen-bond acceptors (Lipinski definition) is 5. The van der Waals surface area contributed by atoms with Crippen LogP contribution < -0.4 is 0 Å². The van der Waals surface area contributed by atoms with Crippen molar-refractivity contribution in [3.8, 4) is 0 Å². The molecule has 1 saturated heterocycles. The van der Waals surface area contributed by atoms with Crippen molar-refractivity contribution in [3.05, 3.63) is 0 Å². The minimum absolute atomic E-state index is 0.0103. The lowest BCUT2D eigenvalue weighted by molar-refractivity contribution is -0.281. The van der Waals surface area contributed by atoms with Gasteiger partial charge in [0.15, 0.2) is 18.4 Å². The zero-order valence-corrected chi connectivity index (χ0v) is 13.0. The summed E-state index contributed by atoms with van der Waals surface area (Å²) in [5.74, 6) is -0.631. The van der Waals surface area contributed by atoms with Crippen LogP contribution in [0.2, 0.25) is 0 Å². The lowest BCUT2D eigenvalue weighted by Gasteiger charge is -2.28. The molecule has 0 aromatic carbocycles. The standard InChI is InChI=1S/C14H28O5/c1-7-16-14(5,6)19-13-8-12(9-15-13)18-11(4)17-10(2)3/h10-13H,7-9H2,1-6H3/t11?,12-,13-/m1/s1. The maximum Gasteiger partial charge on any atom is 0.165 e. The molecule has 0 aromatic heterocycles. The zero-order valence-electron chi connectivity index (χ0n) is 13.0. The first-order valence-electron chi connectivity index (χ1n) is 7.06. The third-order valence-electron chi connectivity index (χ3n) is 2.68. The van der Waals surface area contributed by atoms with Gasteiger partial charge in [-0.05, 0) is 41.5 Å². The second-order valence-corrected chi connectivity index (χ2v) is 5.46. The largest absolute Gasteiger partial charge is 0.351 e. The zero-order chi connectivity index (χ0) is 14.5. The normalized spacial score (nSPS) is 26.1. The summed E-state index contributed by atoms with van der Waals surface area (Å²) in [6.45, 7) is 12.7. The summed E-state index contributed by atoms with van der Waals surface area (Å²) < 4.78 is 28.1. The molecule has 19 heavy (non-hydrogen) atoms. The summed E-state index contributed by atoms with van der Waals surface area (Å²) >= 11 is 0. The lowest BCUT2D eigenvalue weighted by atomic mass is 10.3. The Labute approximate surface area is 116 Å². The van der Waals surface area contributed by atoms with Gasteiger partial charge in [0.1, 0.15) is 0 Å². The van der Waals surface area contributed by atoms with E-state index < -0.39 is 5.79 Å². The van der Waals surface area contributed by atoms with Crippen LogP contribution in [0.25, 0.3) is 0 Å². The van der Waals surface area contributed by atoms with Gasteiger partial charge in [0.2, 0.25) is 0 Å². The van der Waals surface area contributed by atoms with Crippen LogP contribution >= 0.6 is 0 Å². The summed E-state index contributed by atoms with van der Waals surface area (Å²) in [6, 6.07) is 0. The number of rotatable bonds is 8. The van der Waals surface area contributed by atoms with Crippen molar-refractivity contribution in [2.45, 2.75) is 78.5 Å². The molecule has 0 spiro atoms. The van der Waals surface area contributed by atoms with Crippen LogP contribution in [0, 0.1) is 0 Å². The molecule has 1 unspecified atom stereocenters. The third-order valence-corrected chi connectivity index (χ3v) is 2.68. The molecule has 0 aromatic rings. The van der Waals surface area contributed by atoms with Gasteiger partial charge in [0.25, 0.3) is 0 Å². The van der Waals surface area contributed by atoms with E-state index in [9.17, 15) is 0 Å². The van der Waals surface area contributed by atoms with Gasteiger partial charge in [-0.25, -0.2) is 0 Å². The van der Waals surface area contributed by atoms with Crippen molar-refractivity contribution in [1.29, 1.82) is 0 Å². The van der Waals surface area contributed by atoms with E-state index >= 15 is 0 Å². The van der Waals surface area contributed by atoms with Gasteiger partial charge in [-0.2, -0.15) is 0 Å². The van der Waals surface area contributed by atoms with E-state index in [0.29, 0.717) is 19.6 Å². The molecule has 0 amide bonds. The summed E-state index contributed by atoms with van der Waals surface area (Å²) in [5.41, 5.74) is 0. The van der Waals surface area contributed by atoms with Gasteiger partial charge in [-0.15, -0.1) is 0 Å². The second kappa shape index (κ2) is 7.55. The Bertz CT molecular complexity index is 254. The highest BCUT2D eigenvalue weighted by molar-refractivity contribution is 4.70. The van der Waals surface area contributed by atoms with Crippen LogP contribution in [0.1, 0.15) is 48.0 Å². The van der Waals surface area contributed by atoms with Crippen LogP contribution in [0.15, 0.2) is 0 Å². The van der Waals surface area contributed by atoms with E-state index in [1.54, 1.807) is 0 Å². The molecule has 3 atom stereocenters. The highest BCUT2D eigenvalue weighted by Crippen LogP contribution is 2.24. The molecule has 1 aliphatic rings. The van der Waals surface area contributed by atoms with E-state index in [1.807, 2.05) is 41.5 Å². The maximum absolute atomic E-state index is 5.77. The predicted octanol–water partition coefficient (Wildman–Crippen LogP) is 2.68. The minimum Gasteiger partial charge on any atom is -0.351 e. The van der Waals surface area contributed by atoms with Crippen LogP contribution in [-0.4, -0.2) is 43.8 Å². The Kier molecular flexibility index (Phi) is 6.69. The molecule has 1 aliphatic heterocycles. The highest BCUT2D eigenvalue weighted by atomic mass is 16.8. The van der Waals surface area contributed by atoms with Crippen molar-refractivity contribution >= 4 is 0 Å². The van der Waals surface area contributed by atoms with Crippen LogP contribution in [0.3, 0.4) is 0 Å². The number of ether oxygens (including phenoxy) is 5. The van der Waals surface area contributed by atoms with Gasteiger partial charge in [-0.3, -0.25) is 0 Å². The Hall–Kier alpha value is -0.200. The van der Waals surface area contributed by atoms with Gasteiger partial charge >= 0.3 is 0 Å². The molecule has 0 bridgehead atoms. The third kappa shape index (κ3) is 6.68. The summed E-state index contributed by atoms with van der Waals surface area (Å²) in [5, 5.41) is 0. The Morgan fingerprint density at radius 3 is 2.53 bits per heavy atom. The fourth-order valence-electron chi connectivity index (χ4n) is 2.13. The molecule has 0 aliphatic carbocycles. The first kappa shape index (κ1) is 16.9. The smallest absolute Gasteiger partial charge is 0.165 e. The molecule has 0 radical (unpaired) electrons. The minimum atomic E-state index is -0.631. The SMILES string of the molecule is CCOC(C)(C)O[C@@H]1C[C@@H](OC(C)OC(C)C)CO1. The highest BCUT2D eigenvalue weighted by Gasteiger charge is 2.33. The Balaban J connectivity index is 2.29. The Morgan fingerprint density at radius 2 is 1.95 bits per heavy atom. The first-order chi connectivity index (χ1) is 8.82. The van der Waals surface area contributed by atoms with Gasteiger partial charge in [0, 0.05) is 13.0 Å². The molecule has 1 heterocycles. The number of hydrogen-bond donors (Lipinski definition) is 0. The van der Waals surface area contributed by atoms with E-state index in [2.05, 4.69) is 0 Å². The van der Waals surface area contributed by atoms with Crippen molar-refractivity contribution < 1.29 is 23.7 Å².